The summed E-state index contributed by atoms with van der Waals surface area (Å²) in [5.74, 6) is 0.141. The second kappa shape index (κ2) is 5.05. The van der Waals surface area contributed by atoms with Gasteiger partial charge in [0, 0.05) is 35.1 Å². The first-order chi connectivity index (χ1) is 9.24. The second-order valence-electron chi connectivity index (χ2n) is 5.25. The van der Waals surface area contributed by atoms with E-state index in [1.807, 2.05) is 30.5 Å². The number of hydrogen-bond donors (Lipinski definition) is 3. The molecule has 3 rings (SSSR count). The number of carbonyl (C=O) groups is 1. The van der Waals surface area contributed by atoms with Gasteiger partial charge >= 0.3 is 0 Å². The number of carbonyl (C=O) groups excluding carboxylic acids is 1. The summed E-state index contributed by atoms with van der Waals surface area (Å²) in [6.45, 7) is 0.561. The summed E-state index contributed by atoms with van der Waals surface area (Å²) in [6.07, 6.45) is 4.51. The molecule has 0 saturated heterocycles. The van der Waals surface area contributed by atoms with E-state index in [0.717, 1.165) is 30.2 Å². The normalized spacial score (nSPS) is 22.8. The molecule has 2 aromatic rings. The molecule has 100 valence electrons. The van der Waals surface area contributed by atoms with Gasteiger partial charge in [0.1, 0.15) is 0 Å². The summed E-state index contributed by atoms with van der Waals surface area (Å²) in [7, 11) is 0. The molecule has 0 radical (unpaired) electrons. The van der Waals surface area contributed by atoms with Crippen LogP contribution in [0.2, 0.25) is 0 Å². The zero-order valence-electron chi connectivity index (χ0n) is 10.7. The van der Waals surface area contributed by atoms with Gasteiger partial charge in [-0.1, -0.05) is 6.42 Å². The van der Waals surface area contributed by atoms with Crippen molar-refractivity contribution in [3.63, 3.8) is 0 Å². The van der Waals surface area contributed by atoms with Gasteiger partial charge < -0.3 is 15.4 Å². The van der Waals surface area contributed by atoms with Gasteiger partial charge in [0.15, 0.2) is 0 Å². The van der Waals surface area contributed by atoms with Crippen LogP contribution >= 0.6 is 0 Å². The van der Waals surface area contributed by atoms with Gasteiger partial charge in [0.25, 0.3) is 5.91 Å². The van der Waals surface area contributed by atoms with Crippen LogP contribution in [-0.2, 0) is 0 Å². The van der Waals surface area contributed by atoms with Crippen LogP contribution in [0.1, 0.15) is 29.6 Å². The molecule has 1 aliphatic carbocycles. The number of aliphatic hydroxyl groups excluding tert-OH is 1. The Balaban J connectivity index is 1.66. The molecule has 0 bridgehead atoms. The minimum Gasteiger partial charge on any atom is -0.393 e. The topological polar surface area (TPSA) is 65.1 Å². The van der Waals surface area contributed by atoms with E-state index in [-0.39, 0.29) is 17.9 Å². The quantitative estimate of drug-likeness (QED) is 0.789. The summed E-state index contributed by atoms with van der Waals surface area (Å²) in [5.41, 5.74) is 1.70. The van der Waals surface area contributed by atoms with Crippen LogP contribution in [0, 0.1) is 5.92 Å². The van der Waals surface area contributed by atoms with Crippen molar-refractivity contribution in [2.75, 3.05) is 6.54 Å². The highest BCUT2D eigenvalue weighted by Gasteiger charge is 2.25. The van der Waals surface area contributed by atoms with Crippen molar-refractivity contribution in [2.24, 2.45) is 5.92 Å². The molecule has 3 N–H and O–H groups in total. The summed E-state index contributed by atoms with van der Waals surface area (Å²) in [6, 6.07) is 7.56. The zero-order chi connectivity index (χ0) is 13.2. The van der Waals surface area contributed by atoms with Gasteiger partial charge in [-0.05, 0) is 37.1 Å². The van der Waals surface area contributed by atoms with Crippen molar-refractivity contribution < 1.29 is 9.90 Å². The summed E-state index contributed by atoms with van der Waals surface area (Å²) < 4.78 is 0. The van der Waals surface area contributed by atoms with E-state index in [0.29, 0.717) is 12.1 Å². The molecule has 0 spiro atoms. The molecule has 4 heteroatoms. The SMILES string of the molecule is O=C(NCC1CCCC1O)c1ccc2[nH]ccc2c1. The third-order valence-electron chi connectivity index (χ3n) is 3.96. The first-order valence-corrected chi connectivity index (χ1v) is 6.77. The van der Waals surface area contributed by atoms with Crippen molar-refractivity contribution in [1.29, 1.82) is 0 Å². The Hall–Kier alpha value is -1.81. The number of H-pyrrole nitrogens is 1. The Labute approximate surface area is 111 Å². The summed E-state index contributed by atoms with van der Waals surface area (Å²) in [5, 5.41) is 13.7. The highest BCUT2D eigenvalue weighted by molar-refractivity contribution is 5.98. The average Bonchev–Trinajstić information content (AvgIpc) is 3.03. The maximum absolute atomic E-state index is 12.1. The first kappa shape index (κ1) is 12.2. The number of aromatic amines is 1. The maximum Gasteiger partial charge on any atom is 0.251 e. The molecule has 1 saturated carbocycles. The van der Waals surface area contributed by atoms with Crippen molar-refractivity contribution in [1.82, 2.24) is 10.3 Å². The Morgan fingerprint density at radius 1 is 1.37 bits per heavy atom. The van der Waals surface area contributed by atoms with E-state index < -0.39 is 0 Å². The van der Waals surface area contributed by atoms with E-state index in [4.69, 9.17) is 0 Å². The van der Waals surface area contributed by atoms with Gasteiger partial charge in [0.2, 0.25) is 0 Å². The molecule has 1 fully saturated rings. The van der Waals surface area contributed by atoms with Gasteiger partial charge in [0.05, 0.1) is 6.10 Å². The lowest BCUT2D eigenvalue weighted by molar-refractivity contribution is 0.0917. The average molecular weight is 258 g/mol. The number of fused-ring (bicyclic) bond motifs is 1. The minimum atomic E-state index is -0.257. The van der Waals surface area contributed by atoms with Crippen LogP contribution < -0.4 is 5.32 Å². The Morgan fingerprint density at radius 2 is 2.26 bits per heavy atom. The van der Waals surface area contributed by atoms with E-state index in [1.165, 1.54) is 0 Å². The molecule has 19 heavy (non-hydrogen) atoms. The van der Waals surface area contributed by atoms with Crippen molar-refractivity contribution in [3.05, 3.63) is 36.0 Å². The van der Waals surface area contributed by atoms with E-state index in [1.54, 1.807) is 0 Å². The lowest BCUT2D eigenvalue weighted by Crippen LogP contribution is -2.32. The number of aromatic nitrogens is 1. The van der Waals surface area contributed by atoms with Crippen LogP contribution in [0.4, 0.5) is 0 Å². The molecule has 1 heterocycles. The highest BCUT2D eigenvalue weighted by Crippen LogP contribution is 2.24. The first-order valence-electron chi connectivity index (χ1n) is 6.77. The molecule has 4 nitrogen and oxygen atoms in total. The van der Waals surface area contributed by atoms with Crippen LogP contribution in [0.15, 0.2) is 30.5 Å². The number of benzene rings is 1. The molecule has 1 amide bonds. The number of aliphatic hydroxyl groups is 1. The molecular formula is C15H18N2O2. The maximum atomic E-state index is 12.1. The fourth-order valence-corrected chi connectivity index (χ4v) is 2.78. The summed E-state index contributed by atoms with van der Waals surface area (Å²) >= 11 is 0. The second-order valence-corrected chi connectivity index (χ2v) is 5.25. The van der Waals surface area contributed by atoms with Gasteiger partial charge in [-0.15, -0.1) is 0 Å². The number of hydrogen-bond acceptors (Lipinski definition) is 2. The fourth-order valence-electron chi connectivity index (χ4n) is 2.78. The van der Waals surface area contributed by atoms with Crippen LogP contribution in [0.25, 0.3) is 10.9 Å². The minimum absolute atomic E-state index is 0.0674. The molecule has 1 aliphatic rings. The third-order valence-corrected chi connectivity index (χ3v) is 3.96. The smallest absolute Gasteiger partial charge is 0.251 e. The molecule has 0 aliphatic heterocycles. The Morgan fingerprint density at radius 3 is 3.05 bits per heavy atom. The van der Waals surface area contributed by atoms with Crippen LogP contribution in [-0.4, -0.2) is 28.6 Å². The number of nitrogens with one attached hydrogen (secondary N) is 2. The third kappa shape index (κ3) is 2.49. The van der Waals surface area contributed by atoms with Gasteiger partial charge in [-0.25, -0.2) is 0 Å². The van der Waals surface area contributed by atoms with Gasteiger partial charge in [-0.3, -0.25) is 4.79 Å². The Bertz CT molecular complexity index is 591. The number of rotatable bonds is 3. The molecular weight excluding hydrogens is 240 g/mol. The standard InChI is InChI=1S/C15H18N2O2/c18-14-3-1-2-12(14)9-17-15(19)11-4-5-13-10(8-11)6-7-16-13/h4-8,12,14,16,18H,1-3,9H2,(H,17,19). The molecule has 1 aromatic heterocycles. The lowest BCUT2D eigenvalue weighted by atomic mass is 10.1. The monoisotopic (exact) mass is 258 g/mol. The van der Waals surface area contributed by atoms with Crippen molar-refractivity contribution in [3.8, 4) is 0 Å². The van der Waals surface area contributed by atoms with Crippen LogP contribution in [0.3, 0.4) is 0 Å². The highest BCUT2D eigenvalue weighted by atomic mass is 16.3. The van der Waals surface area contributed by atoms with Gasteiger partial charge in [-0.2, -0.15) is 0 Å². The zero-order valence-corrected chi connectivity index (χ0v) is 10.7. The van der Waals surface area contributed by atoms with E-state index >= 15 is 0 Å². The fraction of sp³-hybridized carbons (Fsp3) is 0.400. The van der Waals surface area contributed by atoms with Crippen LogP contribution in [0.5, 0.6) is 0 Å². The van der Waals surface area contributed by atoms with E-state index in [9.17, 15) is 9.90 Å². The lowest BCUT2D eigenvalue weighted by Gasteiger charge is -2.15. The van der Waals surface area contributed by atoms with Crippen molar-refractivity contribution >= 4 is 16.8 Å². The number of amides is 1. The van der Waals surface area contributed by atoms with E-state index in [2.05, 4.69) is 10.3 Å². The molecule has 2 unspecified atom stereocenters. The predicted molar refractivity (Wildman–Crippen MR) is 74.0 cm³/mol. The summed E-state index contributed by atoms with van der Waals surface area (Å²) in [4.78, 5) is 15.2. The largest absolute Gasteiger partial charge is 0.393 e. The van der Waals surface area contributed by atoms with Crippen molar-refractivity contribution in [2.45, 2.75) is 25.4 Å². The Kier molecular flexibility index (Phi) is 3.25. The molecule has 1 aromatic carbocycles. The molecule has 2 atom stereocenters. The predicted octanol–water partition coefficient (Wildman–Crippen LogP) is 2.06.